The van der Waals surface area contributed by atoms with Crippen LogP contribution in [0.1, 0.15) is 50.5 Å². The number of nitrogens with two attached hydrogens (primary N) is 1. The number of ketones is 1. The number of rotatable bonds is 15. The van der Waals surface area contributed by atoms with Gasteiger partial charge in [-0.1, -0.05) is 48.9 Å². The highest BCUT2D eigenvalue weighted by atomic mass is 32.1. The number of hydrogen-bond donors (Lipinski definition) is 4. The predicted octanol–water partition coefficient (Wildman–Crippen LogP) is 3.40. The van der Waals surface area contributed by atoms with Crippen molar-refractivity contribution >= 4 is 24.4 Å². The Hall–Kier alpha value is -1.63. The van der Waals surface area contributed by atoms with Crippen molar-refractivity contribution in [2.24, 2.45) is 11.7 Å². The van der Waals surface area contributed by atoms with Gasteiger partial charge in [0.05, 0.1) is 18.1 Å². The van der Waals surface area contributed by atoms with Gasteiger partial charge in [-0.25, -0.2) is 0 Å². The smallest absolute Gasteiger partial charge is 0.303 e. The zero-order valence-corrected chi connectivity index (χ0v) is 17.3. The van der Waals surface area contributed by atoms with Gasteiger partial charge in [0.15, 0.2) is 5.78 Å². The number of thiol groups is 1. The molecule has 0 fully saturated rings. The third-order valence-electron chi connectivity index (χ3n) is 4.72. The molecule has 6 heteroatoms. The number of aliphatic hydroxyl groups is 1. The quantitative estimate of drug-likeness (QED) is 0.203. The number of unbranched alkanes of at least 4 members (excludes halogenated alkanes) is 3. The molecule has 4 N–H and O–H groups in total. The van der Waals surface area contributed by atoms with Crippen molar-refractivity contribution in [3.8, 4) is 0 Å². The van der Waals surface area contributed by atoms with Crippen molar-refractivity contribution in [2.45, 2.75) is 63.5 Å². The molecule has 0 aromatic heterocycles. The summed E-state index contributed by atoms with van der Waals surface area (Å²) >= 11 is 4.06. The van der Waals surface area contributed by atoms with E-state index in [0.717, 1.165) is 32.1 Å². The second-order valence-corrected chi connectivity index (χ2v) is 7.45. The lowest BCUT2D eigenvalue weighted by Crippen LogP contribution is -2.41. The Morgan fingerprint density at radius 3 is 2.46 bits per heavy atom. The molecular weight excluding hydrogens is 374 g/mol. The van der Waals surface area contributed by atoms with Gasteiger partial charge in [-0.15, -0.1) is 0 Å². The fourth-order valence-electron chi connectivity index (χ4n) is 3.05. The molecule has 156 valence electrons. The topological polar surface area (TPSA) is 101 Å². The van der Waals surface area contributed by atoms with E-state index in [-0.39, 0.29) is 24.4 Å². The molecule has 0 spiro atoms. The number of allylic oxidation sites excluding steroid dienone is 1. The third-order valence-corrected chi connectivity index (χ3v) is 5.11. The van der Waals surface area contributed by atoms with Gasteiger partial charge in [-0.05, 0) is 44.1 Å². The van der Waals surface area contributed by atoms with Gasteiger partial charge in [-0.2, -0.15) is 12.6 Å². The maximum Gasteiger partial charge on any atom is 0.303 e. The Morgan fingerprint density at radius 1 is 1.11 bits per heavy atom. The molecule has 0 bridgehead atoms. The second kappa shape index (κ2) is 14.4. The minimum absolute atomic E-state index is 0.0261. The Labute approximate surface area is 173 Å². The zero-order chi connectivity index (χ0) is 20.8. The van der Waals surface area contributed by atoms with Gasteiger partial charge in [0, 0.05) is 12.2 Å². The lowest BCUT2D eigenvalue weighted by Gasteiger charge is -2.21. The SMILES string of the molecule is N[C@@H](CS)C(=O)[C@H](/C=C\CCCCCc1ccccc1)[C@@H](O)CCCC(=O)O. The molecule has 0 amide bonds. The number of carbonyl (C=O) groups is 2. The molecule has 28 heavy (non-hydrogen) atoms. The average Bonchev–Trinajstić information content (AvgIpc) is 2.69. The number of hydrogen-bond acceptors (Lipinski definition) is 5. The number of aryl methyl sites for hydroxylation is 1. The molecule has 0 unspecified atom stereocenters. The average molecular weight is 408 g/mol. The molecule has 1 aromatic rings. The van der Waals surface area contributed by atoms with E-state index < -0.39 is 24.0 Å². The van der Waals surface area contributed by atoms with Crippen molar-refractivity contribution in [2.75, 3.05) is 5.75 Å². The molecule has 0 aliphatic rings. The van der Waals surface area contributed by atoms with Crippen LogP contribution in [0.3, 0.4) is 0 Å². The van der Waals surface area contributed by atoms with Crippen LogP contribution in [0, 0.1) is 5.92 Å². The first-order chi connectivity index (χ1) is 13.5. The minimum Gasteiger partial charge on any atom is -0.481 e. The van der Waals surface area contributed by atoms with Gasteiger partial charge >= 0.3 is 5.97 Å². The highest BCUT2D eigenvalue weighted by Crippen LogP contribution is 2.17. The van der Waals surface area contributed by atoms with Crippen LogP contribution >= 0.6 is 12.6 Å². The summed E-state index contributed by atoms with van der Waals surface area (Å²) in [5, 5.41) is 19.1. The monoisotopic (exact) mass is 407 g/mol. The lowest BCUT2D eigenvalue weighted by molar-refractivity contribution is -0.137. The number of carboxylic acid groups (broad SMARTS) is 1. The number of carbonyl (C=O) groups excluding carboxylic acids is 1. The van der Waals surface area contributed by atoms with E-state index in [1.54, 1.807) is 6.08 Å². The number of Topliss-reactive ketones (excluding diaryl/α,β-unsaturated/α-hetero) is 1. The molecule has 1 rings (SSSR count). The standard InChI is InChI=1S/C22H33NO4S/c23-19(16-28)22(27)18(20(24)14-9-15-21(25)26)13-8-3-1-2-5-10-17-11-6-4-7-12-17/h4,6-8,11-13,18-20,24,28H,1-3,5,9-10,14-16,23H2,(H,25,26)/b13-8-/t18-,19+,20+/m1/s1. The number of carboxylic acids is 1. The molecule has 0 aliphatic carbocycles. The van der Waals surface area contributed by atoms with Crippen LogP contribution in [0.15, 0.2) is 42.5 Å². The maximum atomic E-state index is 12.4. The normalized spacial score (nSPS) is 14.7. The van der Waals surface area contributed by atoms with Crippen molar-refractivity contribution < 1.29 is 19.8 Å². The minimum atomic E-state index is -0.924. The molecule has 1 aromatic carbocycles. The van der Waals surface area contributed by atoms with Crippen LogP contribution < -0.4 is 5.73 Å². The van der Waals surface area contributed by atoms with E-state index in [4.69, 9.17) is 10.8 Å². The molecule has 0 saturated heterocycles. The summed E-state index contributed by atoms with van der Waals surface area (Å²) in [6.45, 7) is 0. The lowest BCUT2D eigenvalue weighted by atomic mass is 9.89. The summed E-state index contributed by atoms with van der Waals surface area (Å²) in [7, 11) is 0. The molecule has 0 radical (unpaired) electrons. The second-order valence-electron chi connectivity index (χ2n) is 7.08. The first-order valence-electron chi connectivity index (χ1n) is 9.96. The fraction of sp³-hybridized carbons (Fsp3) is 0.545. The molecular formula is C22H33NO4S. The van der Waals surface area contributed by atoms with Gasteiger partial charge in [0.2, 0.25) is 0 Å². The predicted molar refractivity (Wildman–Crippen MR) is 116 cm³/mol. The van der Waals surface area contributed by atoms with Gasteiger partial charge in [0.1, 0.15) is 0 Å². The van der Waals surface area contributed by atoms with Crippen molar-refractivity contribution in [1.29, 1.82) is 0 Å². The van der Waals surface area contributed by atoms with Crippen LogP contribution in [-0.2, 0) is 16.0 Å². The Morgan fingerprint density at radius 2 is 1.82 bits per heavy atom. The van der Waals surface area contributed by atoms with Crippen LogP contribution in [-0.4, -0.2) is 39.9 Å². The summed E-state index contributed by atoms with van der Waals surface area (Å²) < 4.78 is 0. The molecule has 0 saturated carbocycles. The largest absolute Gasteiger partial charge is 0.481 e. The molecule has 0 heterocycles. The summed E-state index contributed by atoms with van der Waals surface area (Å²) in [5.74, 6) is -1.66. The van der Waals surface area contributed by atoms with Crippen LogP contribution in [0.25, 0.3) is 0 Å². The number of aliphatic carboxylic acids is 1. The van der Waals surface area contributed by atoms with Crippen molar-refractivity contribution in [3.05, 3.63) is 48.0 Å². The number of benzene rings is 1. The van der Waals surface area contributed by atoms with Crippen LogP contribution in [0.2, 0.25) is 0 Å². The Bertz CT molecular complexity index is 606. The molecule has 5 nitrogen and oxygen atoms in total. The first-order valence-corrected chi connectivity index (χ1v) is 10.6. The van der Waals surface area contributed by atoms with Gasteiger partial charge in [-0.3, -0.25) is 9.59 Å². The van der Waals surface area contributed by atoms with Gasteiger partial charge < -0.3 is 15.9 Å². The van der Waals surface area contributed by atoms with E-state index in [0.29, 0.717) is 6.42 Å². The fourth-order valence-corrected chi connectivity index (χ4v) is 3.23. The van der Waals surface area contributed by atoms with Crippen LogP contribution in [0.5, 0.6) is 0 Å². The zero-order valence-electron chi connectivity index (χ0n) is 16.4. The summed E-state index contributed by atoms with van der Waals surface area (Å²) in [6.07, 6.45) is 8.39. The highest BCUT2D eigenvalue weighted by Gasteiger charge is 2.27. The highest BCUT2D eigenvalue weighted by molar-refractivity contribution is 7.80. The van der Waals surface area contributed by atoms with Gasteiger partial charge in [0.25, 0.3) is 0 Å². The van der Waals surface area contributed by atoms with E-state index in [9.17, 15) is 14.7 Å². The maximum absolute atomic E-state index is 12.4. The van der Waals surface area contributed by atoms with Crippen molar-refractivity contribution in [1.82, 2.24) is 0 Å². The Balaban J connectivity index is 2.43. The molecule has 3 atom stereocenters. The van der Waals surface area contributed by atoms with Crippen molar-refractivity contribution in [3.63, 3.8) is 0 Å². The third kappa shape index (κ3) is 10.1. The molecule has 0 aliphatic heterocycles. The summed E-state index contributed by atoms with van der Waals surface area (Å²) in [6, 6.07) is 9.64. The first kappa shape index (κ1) is 24.4. The Kier molecular flexibility index (Phi) is 12.5. The van der Waals surface area contributed by atoms with E-state index >= 15 is 0 Å². The number of aliphatic hydroxyl groups excluding tert-OH is 1. The van der Waals surface area contributed by atoms with Crippen LogP contribution in [0.4, 0.5) is 0 Å². The van der Waals surface area contributed by atoms with E-state index in [1.807, 2.05) is 24.3 Å². The summed E-state index contributed by atoms with van der Waals surface area (Å²) in [4.78, 5) is 23.1. The van der Waals surface area contributed by atoms with E-state index in [2.05, 4.69) is 24.8 Å². The summed E-state index contributed by atoms with van der Waals surface area (Å²) in [5.41, 5.74) is 7.13. The van der Waals surface area contributed by atoms with E-state index in [1.165, 1.54) is 5.56 Å².